The molecule has 0 bridgehead atoms. The summed E-state index contributed by atoms with van der Waals surface area (Å²) in [7, 11) is 0. The smallest absolute Gasteiger partial charge is 0.137 e. The first-order valence-corrected chi connectivity index (χ1v) is 6.15. The summed E-state index contributed by atoms with van der Waals surface area (Å²) >= 11 is 0. The minimum absolute atomic E-state index is 0.573. The highest BCUT2D eigenvalue weighted by Crippen LogP contribution is 2.22. The summed E-state index contributed by atoms with van der Waals surface area (Å²) in [6.45, 7) is 2.59. The molecule has 0 amide bonds. The monoisotopic (exact) mass is 244 g/mol. The molecule has 94 valence electrons. The van der Waals surface area contributed by atoms with Crippen molar-refractivity contribution in [2.24, 2.45) is 5.92 Å². The molecule has 0 aliphatic carbocycles. The molecule has 3 N–H and O–H groups in total. The Morgan fingerprint density at radius 2 is 2.33 bits per heavy atom. The Kier molecular flexibility index (Phi) is 2.98. The predicted octanol–water partition coefficient (Wildman–Crippen LogP) is 1.66. The maximum absolute atomic E-state index is 5.75. The molecule has 0 saturated carbocycles. The first kappa shape index (κ1) is 11.2. The summed E-state index contributed by atoms with van der Waals surface area (Å²) in [6.07, 6.45) is 2.68. The van der Waals surface area contributed by atoms with Gasteiger partial charge in [0.15, 0.2) is 0 Å². The van der Waals surface area contributed by atoms with Gasteiger partial charge in [-0.2, -0.15) is 0 Å². The summed E-state index contributed by atoms with van der Waals surface area (Å²) in [5.74, 6) is 1.44. The van der Waals surface area contributed by atoms with Crippen LogP contribution < -0.4 is 11.1 Å². The number of ether oxygens (including phenoxy) is 1. The molecule has 0 radical (unpaired) electrons. The molecule has 18 heavy (non-hydrogen) atoms. The number of nitrogens with two attached hydrogens (primary N) is 1. The molecule has 3 rings (SSSR count). The summed E-state index contributed by atoms with van der Waals surface area (Å²) in [4.78, 5) is 8.52. The fourth-order valence-electron chi connectivity index (χ4n) is 2.20. The van der Waals surface area contributed by atoms with Gasteiger partial charge >= 0.3 is 0 Å². The van der Waals surface area contributed by atoms with Gasteiger partial charge in [0.1, 0.15) is 12.1 Å². The minimum Gasteiger partial charge on any atom is -0.399 e. The normalized spacial score (nSPS) is 19.2. The Hall–Kier alpha value is -1.88. The molecule has 1 aliphatic rings. The fraction of sp³-hybridized carbons (Fsp3) is 0.385. The molecular weight excluding hydrogens is 228 g/mol. The van der Waals surface area contributed by atoms with Crippen molar-refractivity contribution in [3.63, 3.8) is 0 Å². The summed E-state index contributed by atoms with van der Waals surface area (Å²) in [5.41, 5.74) is 7.34. The lowest BCUT2D eigenvalue weighted by molar-refractivity contribution is 0.187. The van der Waals surface area contributed by atoms with E-state index in [-0.39, 0.29) is 0 Å². The van der Waals surface area contributed by atoms with Crippen molar-refractivity contribution in [3.05, 3.63) is 24.5 Å². The number of aromatic nitrogens is 2. The summed E-state index contributed by atoms with van der Waals surface area (Å²) < 4.78 is 5.36. The average Bonchev–Trinajstić information content (AvgIpc) is 2.89. The molecule has 5 nitrogen and oxygen atoms in total. The number of benzene rings is 1. The lowest BCUT2D eigenvalue weighted by Crippen LogP contribution is -2.15. The molecule has 2 heterocycles. The molecule has 1 saturated heterocycles. The Bertz CT molecular complexity index is 552. The SMILES string of the molecule is Nc1ccc2c(NCC3CCOC3)ncnc2c1. The maximum atomic E-state index is 5.75. The van der Waals surface area contributed by atoms with Gasteiger partial charge < -0.3 is 15.8 Å². The number of nitrogens with zero attached hydrogens (tertiary/aromatic N) is 2. The number of rotatable bonds is 3. The number of nitrogen functional groups attached to an aromatic ring is 1. The van der Waals surface area contributed by atoms with Crippen molar-refractivity contribution in [1.29, 1.82) is 0 Å². The quantitative estimate of drug-likeness (QED) is 0.803. The minimum atomic E-state index is 0.573. The van der Waals surface area contributed by atoms with Crippen LogP contribution in [-0.2, 0) is 4.74 Å². The maximum Gasteiger partial charge on any atom is 0.137 e. The van der Waals surface area contributed by atoms with Crippen LogP contribution in [0.2, 0.25) is 0 Å². The molecule has 1 fully saturated rings. The van der Waals surface area contributed by atoms with Crippen LogP contribution in [0.5, 0.6) is 0 Å². The highest BCUT2D eigenvalue weighted by atomic mass is 16.5. The van der Waals surface area contributed by atoms with E-state index in [1.165, 1.54) is 0 Å². The Morgan fingerprint density at radius 3 is 3.17 bits per heavy atom. The second-order valence-corrected chi connectivity index (χ2v) is 4.61. The third-order valence-electron chi connectivity index (χ3n) is 3.24. The van der Waals surface area contributed by atoms with E-state index in [9.17, 15) is 0 Å². The number of fused-ring (bicyclic) bond motifs is 1. The van der Waals surface area contributed by atoms with Gasteiger partial charge in [-0.3, -0.25) is 0 Å². The predicted molar refractivity (Wildman–Crippen MR) is 71.4 cm³/mol. The van der Waals surface area contributed by atoms with E-state index in [0.717, 1.165) is 48.6 Å². The molecule has 1 aromatic heterocycles. The summed E-state index contributed by atoms with van der Waals surface area (Å²) in [6, 6.07) is 5.69. The first-order valence-electron chi connectivity index (χ1n) is 6.15. The molecule has 1 unspecified atom stereocenters. The van der Waals surface area contributed by atoms with E-state index in [1.807, 2.05) is 18.2 Å². The largest absolute Gasteiger partial charge is 0.399 e. The number of nitrogens with one attached hydrogen (secondary N) is 1. The van der Waals surface area contributed by atoms with Crippen LogP contribution in [-0.4, -0.2) is 29.7 Å². The Balaban J connectivity index is 1.82. The van der Waals surface area contributed by atoms with Crippen LogP contribution in [0.15, 0.2) is 24.5 Å². The molecule has 0 spiro atoms. The van der Waals surface area contributed by atoms with Gasteiger partial charge in [0.05, 0.1) is 12.1 Å². The molecule has 5 heteroatoms. The van der Waals surface area contributed by atoms with Gasteiger partial charge in [-0.1, -0.05) is 0 Å². The van der Waals surface area contributed by atoms with Crippen LogP contribution in [0.25, 0.3) is 10.9 Å². The third kappa shape index (κ3) is 2.22. The molecule has 1 atom stereocenters. The third-order valence-corrected chi connectivity index (χ3v) is 3.24. The van der Waals surface area contributed by atoms with Crippen LogP contribution in [0.1, 0.15) is 6.42 Å². The number of hydrogen-bond acceptors (Lipinski definition) is 5. The molecular formula is C13H16N4O. The van der Waals surface area contributed by atoms with E-state index >= 15 is 0 Å². The molecule has 2 aromatic rings. The zero-order valence-electron chi connectivity index (χ0n) is 10.1. The number of anilines is 2. The van der Waals surface area contributed by atoms with E-state index in [1.54, 1.807) is 6.33 Å². The zero-order valence-corrected chi connectivity index (χ0v) is 10.1. The highest BCUT2D eigenvalue weighted by molar-refractivity contribution is 5.90. The molecule has 1 aromatic carbocycles. The second-order valence-electron chi connectivity index (χ2n) is 4.61. The van der Waals surface area contributed by atoms with Crippen LogP contribution in [0.4, 0.5) is 11.5 Å². The average molecular weight is 244 g/mol. The number of hydrogen-bond donors (Lipinski definition) is 2. The van der Waals surface area contributed by atoms with Gasteiger partial charge in [0.2, 0.25) is 0 Å². The van der Waals surface area contributed by atoms with Crippen molar-refractivity contribution in [2.75, 3.05) is 30.8 Å². The Morgan fingerprint density at radius 1 is 1.39 bits per heavy atom. The van der Waals surface area contributed by atoms with Crippen molar-refractivity contribution in [2.45, 2.75) is 6.42 Å². The van der Waals surface area contributed by atoms with E-state index in [2.05, 4.69) is 15.3 Å². The second kappa shape index (κ2) is 4.78. The van der Waals surface area contributed by atoms with Gasteiger partial charge in [-0.15, -0.1) is 0 Å². The Labute approximate surface area is 105 Å². The highest BCUT2D eigenvalue weighted by Gasteiger charge is 2.15. The van der Waals surface area contributed by atoms with Crippen molar-refractivity contribution < 1.29 is 4.74 Å². The summed E-state index contributed by atoms with van der Waals surface area (Å²) in [5, 5.41) is 4.38. The van der Waals surface area contributed by atoms with Crippen molar-refractivity contribution >= 4 is 22.4 Å². The van der Waals surface area contributed by atoms with Crippen LogP contribution in [0, 0.1) is 5.92 Å². The van der Waals surface area contributed by atoms with Gasteiger partial charge in [0, 0.05) is 30.1 Å². The first-order chi connectivity index (χ1) is 8.83. The van der Waals surface area contributed by atoms with Gasteiger partial charge in [0.25, 0.3) is 0 Å². The van der Waals surface area contributed by atoms with Crippen LogP contribution >= 0.6 is 0 Å². The molecule has 1 aliphatic heterocycles. The van der Waals surface area contributed by atoms with E-state index in [0.29, 0.717) is 5.92 Å². The lowest BCUT2D eigenvalue weighted by atomic mass is 10.1. The lowest BCUT2D eigenvalue weighted by Gasteiger charge is -2.11. The van der Waals surface area contributed by atoms with Gasteiger partial charge in [-0.25, -0.2) is 9.97 Å². The van der Waals surface area contributed by atoms with E-state index in [4.69, 9.17) is 10.5 Å². The van der Waals surface area contributed by atoms with Crippen molar-refractivity contribution in [3.8, 4) is 0 Å². The zero-order chi connectivity index (χ0) is 12.4. The standard InChI is InChI=1S/C13H16N4O/c14-10-1-2-11-12(5-10)16-8-17-13(11)15-6-9-3-4-18-7-9/h1-2,5,8-9H,3-4,6-7,14H2,(H,15,16,17). The van der Waals surface area contributed by atoms with Crippen LogP contribution in [0.3, 0.4) is 0 Å². The van der Waals surface area contributed by atoms with Crippen molar-refractivity contribution in [1.82, 2.24) is 9.97 Å². The van der Waals surface area contributed by atoms with Gasteiger partial charge in [-0.05, 0) is 24.6 Å². The van der Waals surface area contributed by atoms with E-state index < -0.39 is 0 Å². The topological polar surface area (TPSA) is 73.1 Å². The fourth-order valence-corrected chi connectivity index (χ4v) is 2.20.